The van der Waals surface area contributed by atoms with Crippen LogP contribution < -0.4 is 5.32 Å². The van der Waals surface area contributed by atoms with E-state index in [2.05, 4.69) is 62.3 Å². The van der Waals surface area contributed by atoms with Crippen LogP contribution in [0.4, 0.5) is 0 Å². The first-order valence-corrected chi connectivity index (χ1v) is 8.33. The molecule has 1 unspecified atom stereocenters. The Hall–Kier alpha value is 0.130. The van der Waals surface area contributed by atoms with Gasteiger partial charge in [0.25, 0.3) is 0 Å². The normalized spacial score (nSPS) is 12.7. The molecule has 1 aromatic heterocycles. The highest BCUT2D eigenvalue weighted by Gasteiger charge is 2.16. The Kier molecular flexibility index (Phi) is 5.27. The molecule has 0 aliphatic rings. The fourth-order valence-electron chi connectivity index (χ4n) is 1.75. The number of benzene rings is 1. The molecule has 1 nitrogen and oxygen atoms in total. The Bertz CT molecular complexity index is 505. The molecule has 96 valence electrons. The molecule has 2 rings (SSSR count). The van der Waals surface area contributed by atoms with E-state index in [1.54, 1.807) is 11.3 Å². The highest BCUT2D eigenvalue weighted by atomic mass is 79.9. The average Bonchev–Trinajstić information content (AvgIpc) is 2.68. The van der Waals surface area contributed by atoms with Gasteiger partial charge < -0.3 is 5.32 Å². The summed E-state index contributed by atoms with van der Waals surface area (Å²) in [7, 11) is 0. The van der Waals surface area contributed by atoms with Crippen LogP contribution in [0.3, 0.4) is 0 Å². The molecule has 5 heteroatoms. The summed E-state index contributed by atoms with van der Waals surface area (Å²) in [4.78, 5) is 1.28. The van der Waals surface area contributed by atoms with E-state index >= 15 is 0 Å². The van der Waals surface area contributed by atoms with Crippen molar-refractivity contribution in [2.75, 3.05) is 6.54 Å². The molecular formula is C13H12Br2ClNS. The van der Waals surface area contributed by atoms with E-state index in [0.717, 1.165) is 19.8 Å². The minimum absolute atomic E-state index is 0.208. The van der Waals surface area contributed by atoms with E-state index in [0.29, 0.717) is 0 Å². The number of thiophene rings is 1. The summed E-state index contributed by atoms with van der Waals surface area (Å²) in [5.74, 6) is 0. The van der Waals surface area contributed by atoms with Crippen LogP contribution in [0.15, 0.2) is 38.6 Å². The third-order valence-corrected chi connectivity index (χ3v) is 6.13. The standard InChI is InChI=1S/C13H12Br2ClNS/c1-2-17-12(8-3-5-9(16)6-4-8)11-7-10(14)13(15)18-11/h3-7,12,17H,2H2,1H3. The van der Waals surface area contributed by atoms with E-state index in [-0.39, 0.29) is 6.04 Å². The zero-order valence-electron chi connectivity index (χ0n) is 9.71. The highest BCUT2D eigenvalue weighted by molar-refractivity contribution is 9.13. The third kappa shape index (κ3) is 3.36. The van der Waals surface area contributed by atoms with Crippen LogP contribution in [-0.4, -0.2) is 6.54 Å². The summed E-state index contributed by atoms with van der Waals surface area (Å²) >= 11 is 14.7. The first-order valence-electron chi connectivity index (χ1n) is 5.55. The fourth-order valence-corrected chi connectivity index (χ4v) is 4.07. The monoisotopic (exact) mass is 407 g/mol. The molecule has 1 heterocycles. The summed E-state index contributed by atoms with van der Waals surface area (Å²) in [6, 6.07) is 10.3. The number of nitrogens with one attached hydrogen (secondary N) is 1. The van der Waals surface area contributed by atoms with Crippen LogP contribution in [0.5, 0.6) is 0 Å². The summed E-state index contributed by atoms with van der Waals surface area (Å²) < 4.78 is 2.22. The average molecular weight is 410 g/mol. The Labute approximate surface area is 133 Å². The van der Waals surface area contributed by atoms with Gasteiger partial charge in [-0.3, -0.25) is 0 Å². The molecule has 1 aromatic carbocycles. The highest BCUT2D eigenvalue weighted by Crippen LogP contribution is 2.37. The lowest BCUT2D eigenvalue weighted by atomic mass is 10.1. The molecule has 0 aliphatic carbocycles. The van der Waals surface area contributed by atoms with Crippen LogP contribution in [0.1, 0.15) is 23.4 Å². The maximum Gasteiger partial charge on any atom is 0.0843 e. The molecule has 2 aromatic rings. The van der Waals surface area contributed by atoms with Crippen molar-refractivity contribution in [1.82, 2.24) is 5.32 Å². The van der Waals surface area contributed by atoms with Gasteiger partial charge in [-0.05, 0) is 62.2 Å². The maximum atomic E-state index is 5.94. The van der Waals surface area contributed by atoms with Gasteiger partial charge in [0.2, 0.25) is 0 Å². The van der Waals surface area contributed by atoms with Gasteiger partial charge in [0.15, 0.2) is 0 Å². The van der Waals surface area contributed by atoms with Gasteiger partial charge in [-0.15, -0.1) is 11.3 Å². The van der Waals surface area contributed by atoms with Crippen molar-refractivity contribution in [3.63, 3.8) is 0 Å². The SMILES string of the molecule is CCNC(c1ccc(Cl)cc1)c1cc(Br)c(Br)s1. The van der Waals surface area contributed by atoms with E-state index in [4.69, 9.17) is 11.6 Å². The molecule has 0 radical (unpaired) electrons. The maximum absolute atomic E-state index is 5.94. The lowest BCUT2D eigenvalue weighted by Crippen LogP contribution is -2.20. The summed E-state index contributed by atoms with van der Waals surface area (Å²) in [5.41, 5.74) is 1.22. The minimum Gasteiger partial charge on any atom is -0.306 e. The van der Waals surface area contributed by atoms with Crippen molar-refractivity contribution in [1.29, 1.82) is 0 Å². The second kappa shape index (κ2) is 6.53. The van der Waals surface area contributed by atoms with Crippen molar-refractivity contribution in [3.05, 3.63) is 54.1 Å². The summed E-state index contributed by atoms with van der Waals surface area (Å²) in [5, 5.41) is 4.27. The molecule has 0 spiro atoms. The van der Waals surface area contributed by atoms with Crippen LogP contribution in [0.2, 0.25) is 5.02 Å². The second-order valence-electron chi connectivity index (χ2n) is 3.81. The third-order valence-electron chi connectivity index (χ3n) is 2.56. The molecule has 1 atom stereocenters. The zero-order chi connectivity index (χ0) is 13.1. The predicted octanol–water partition coefficient (Wildman–Crippen LogP) is 5.63. The Morgan fingerprint density at radius 3 is 2.44 bits per heavy atom. The smallest absolute Gasteiger partial charge is 0.0843 e. The van der Waals surface area contributed by atoms with Gasteiger partial charge in [0.05, 0.1) is 9.83 Å². The van der Waals surface area contributed by atoms with E-state index in [9.17, 15) is 0 Å². The van der Waals surface area contributed by atoms with Crippen molar-refractivity contribution in [3.8, 4) is 0 Å². The van der Waals surface area contributed by atoms with Gasteiger partial charge in [0, 0.05) is 14.4 Å². The van der Waals surface area contributed by atoms with Gasteiger partial charge >= 0.3 is 0 Å². The molecule has 1 N–H and O–H groups in total. The van der Waals surface area contributed by atoms with E-state index in [1.807, 2.05) is 12.1 Å². The fraction of sp³-hybridized carbons (Fsp3) is 0.231. The van der Waals surface area contributed by atoms with E-state index in [1.165, 1.54) is 10.4 Å². The van der Waals surface area contributed by atoms with Crippen LogP contribution in [0, 0.1) is 0 Å². The minimum atomic E-state index is 0.208. The number of rotatable bonds is 4. The lowest BCUT2D eigenvalue weighted by molar-refractivity contribution is 0.639. The summed E-state index contributed by atoms with van der Waals surface area (Å²) in [6.07, 6.45) is 0. The first kappa shape index (κ1) is 14.5. The second-order valence-corrected chi connectivity index (χ2v) is 7.51. The van der Waals surface area contributed by atoms with Gasteiger partial charge in [-0.2, -0.15) is 0 Å². The molecule has 0 bridgehead atoms. The van der Waals surface area contributed by atoms with Gasteiger partial charge in [-0.1, -0.05) is 30.7 Å². The van der Waals surface area contributed by atoms with Crippen LogP contribution in [0.25, 0.3) is 0 Å². The molecule has 0 saturated heterocycles. The van der Waals surface area contributed by atoms with Crippen LogP contribution >= 0.6 is 54.8 Å². The molecule has 0 amide bonds. The zero-order valence-corrected chi connectivity index (χ0v) is 14.5. The number of hydrogen-bond acceptors (Lipinski definition) is 2. The molecular weight excluding hydrogens is 397 g/mol. The van der Waals surface area contributed by atoms with Gasteiger partial charge in [0.1, 0.15) is 0 Å². The van der Waals surface area contributed by atoms with Crippen molar-refractivity contribution >= 4 is 54.8 Å². The number of halogens is 3. The Morgan fingerprint density at radius 1 is 1.28 bits per heavy atom. The van der Waals surface area contributed by atoms with E-state index < -0.39 is 0 Å². The Balaban J connectivity index is 2.36. The van der Waals surface area contributed by atoms with Crippen molar-refractivity contribution in [2.45, 2.75) is 13.0 Å². The quantitative estimate of drug-likeness (QED) is 0.690. The molecule has 0 aliphatic heterocycles. The molecule has 0 fully saturated rings. The van der Waals surface area contributed by atoms with Gasteiger partial charge in [-0.25, -0.2) is 0 Å². The van der Waals surface area contributed by atoms with Crippen LogP contribution in [-0.2, 0) is 0 Å². The summed E-state index contributed by atoms with van der Waals surface area (Å²) in [6.45, 7) is 3.03. The first-order chi connectivity index (χ1) is 8.61. The van der Waals surface area contributed by atoms with Crippen molar-refractivity contribution < 1.29 is 0 Å². The lowest BCUT2D eigenvalue weighted by Gasteiger charge is -2.16. The largest absolute Gasteiger partial charge is 0.306 e. The number of hydrogen-bond donors (Lipinski definition) is 1. The topological polar surface area (TPSA) is 12.0 Å². The predicted molar refractivity (Wildman–Crippen MR) is 86.7 cm³/mol. The molecule has 0 saturated carbocycles. The Morgan fingerprint density at radius 2 is 1.94 bits per heavy atom. The van der Waals surface area contributed by atoms with Crippen molar-refractivity contribution in [2.24, 2.45) is 0 Å². The molecule has 18 heavy (non-hydrogen) atoms.